The average Bonchev–Trinajstić information content (AvgIpc) is 2.23. The van der Waals surface area contributed by atoms with Crippen molar-refractivity contribution in [3.63, 3.8) is 0 Å². The minimum Gasteiger partial charge on any atom is -0.311 e. The molecule has 0 saturated carbocycles. The number of hydrogen-bond donors (Lipinski definition) is 1. The Morgan fingerprint density at radius 2 is 2.31 bits per heavy atom. The summed E-state index contributed by atoms with van der Waals surface area (Å²) in [6.45, 7) is 6.12. The Balaban J connectivity index is 2.59. The molecule has 0 fully saturated rings. The van der Waals surface area contributed by atoms with Gasteiger partial charge in [-0.15, -0.1) is 0 Å². The molecule has 1 atom stereocenters. The highest BCUT2D eigenvalue weighted by Gasteiger charge is 2.08. The molecule has 1 aromatic heterocycles. The van der Waals surface area contributed by atoms with Crippen molar-refractivity contribution in [1.82, 2.24) is 4.98 Å². The van der Waals surface area contributed by atoms with Crippen molar-refractivity contribution in [2.45, 2.75) is 33.6 Å². The molecule has 0 aliphatic heterocycles. The van der Waals surface area contributed by atoms with Crippen LogP contribution in [-0.2, 0) is 4.79 Å². The zero-order valence-electron chi connectivity index (χ0n) is 9.88. The Kier molecular flexibility index (Phi) is 4.93. The fourth-order valence-corrected chi connectivity index (χ4v) is 1.48. The minimum atomic E-state index is 0.0311. The van der Waals surface area contributed by atoms with E-state index in [4.69, 9.17) is 0 Å². The second kappa shape index (κ2) is 5.99. The maximum absolute atomic E-state index is 11.6. The molecule has 3 nitrogen and oxygen atoms in total. The molecule has 1 rings (SSSR count). The number of aromatic nitrogens is 1. The van der Waals surface area contributed by atoms with Crippen LogP contribution in [-0.4, -0.2) is 10.9 Å². The highest BCUT2D eigenvalue weighted by Crippen LogP contribution is 2.17. The minimum absolute atomic E-state index is 0.0311. The Morgan fingerprint density at radius 3 is 2.88 bits per heavy atom. The smallest absolute Gasteiger partial charge is 0.225 e. The zero-order chi connectivity index (χ0) is 12.1. The van der Waals surface area contributed by atoms with Gasteiger partial charge in [0.2, 0.25) is 5.91 Å². The van der Waals surface area contributed by atoms with E-state index in [2.05, 4.69) is 40.1 Å². The second-order valence-corrected chi connectivity index (χ2v) is 4.94. The van der Waals surface area contributed by atoms with E-state index in [1.807, 2.05) is 13.0 Å². The molecule has 0 saturated heterocycles. The number of rotatable bonds is 4. The van der Waals surface area contributed by atoms with Gasteiger partial charge in [-0.3, -0.25) is 4.79 Å². The third-order valence-electron chi connectivity index (χ3n) is 2.55. The monoisotopic (exact) mass is 284 g/mol. The molecule has 0 spiro atoms. The van der Waals surface area contributed by atoms with Crippen molar-refractivity contribution < 1.29 is 4.79 Å². The molecule has 1 unspecified atom stereocenters. The standard InChI is InChI=1S/C12H17BrN2O/c1-4-8(2)5-12(16)15-11-6-9(3)10(13)7-14-11/h6-8H,4-5H2,1-3H3,(H,14,15,16). The van der Waals surface area contributed by atoms with Crippen molar-refractivity contribution in [2.24, 2.45) is 5.92 Å². The Morgan fingerprint density at radius 1 is 1.62 bits per heavy atom. The van der Waals surface area contributed by atoms with Gasteiger partial charge in [-0.1, -0.05) is 20.3 Å². The summed E-state index contributed by atoms with van der Waals surface area (Å²) in [5, 5.41) is 2.80. The first-order valence-corrected chi connectivity index (χ1v) is 6.24. The van der Waals surface area contributed by atoms with Crippen molar-refractivity contribution in [3.8, 4) is 0 Å². The molecule has 1 aromatic rings. The predicted octanol–water partition coefficient (Wildman–Crippen LogP) is 3.53. The predicted molar refractivity (Wildman–Crippen MR) is 69.4 cm³/mol. The van der Waals surface area contributed by atoms with E-state index in [9.17, 15) is 4.79 Å². The summed E-state index contributed by atoms with van der Waals surface area (Å²) in [4.78, 5) is 15.7. The van der Waals surface area contributed by atoms with Gasteiger partial charge in [-0.25, -0.2) is 4.98 Å². The maximum atomic E-state index is 11.6. The Hall–Kier alpha value is -0.900. The molecule has 16 heavy (non-hydrogen) atoms. The number of carbonyl (C=O) groups excluding carboxylic acids is 1. The molecule has 0 bridgehead atoms. The molecule has 0 aliphatic carbocycles. The molecule has 88 valence electrons. The lowest BCUT2D eigenvalue weighted by molar-refractivity contribution is -0.117. The summed E-state index contributed by atoms with van der Waals surface area (Å²) in [6.07, 6.45) is 3.27. The zero-order valence-corrected chi connectivity index (χ0v) is 11.5. The van der Waals surface area contributed by atoms with Crippen LogP contribution in [0.25, 0.3) is 0 Å². The number of halogens is 1. The van der Waals surface area contributed by atoms with Gasteiger partial charge in [0.25, 0.3) is 0 Å². The van der Waals surface area contributed by atoms with Crippen molar-refractivity contribution in [2.75, 3.05) is 5.32 Å². The van der Waals surface area contributed by atoms with Gasteiger partial charge >= 0.3 is 0 Å². The van der Waals surface area contributed by atoms with E-state index in [0.29, 0.717) is 18.2 Å². The molecular weight excluding hydrogens is 268 g/mol. The van der Waals surface area contributed by atoms with E-state index in [1.165, 1.54) is 0 Å². The quantitative estimate of drug-likeness (QED) is 0.919. The van der Waals surface area contributed by atoms with Gasteiger partial charge in [0.1, 0.15) is 5.82 Å². The summed E-state index contributed by atoms with van der Waals surface area (Å²) in [7, 11) is 0. The van der Waals surface area contributed by atoms with Crippen LogP contribution in [0.1, 0.15) is 32.3 Å². The third-order valence-corrected chi connectivity index (χ3v) is 3.38. The van der Waals surface area contributed by atoms with Crippen LogP contribution in [0.3, 0.4) is 0 Å². The first kappa shape index (κ1) is 13.2. The highest BCUT2D eigenvalue weighted by atomic mass is 79.9. The Bertz CT molecular complexity index is 379. The van der Waals surface area contributed by atoms with E-state index in [1.54, 1.807) is 6.20 Å². The number of amides is 1. The fraction of sp³-hybridized carbons (Fsp3) is 0.500. The summed E-state index contributed by atoms with van der Waals surface area (Å²) in [5.41, 5.74) is 1.06. The molecule has 1 amide bonds. The van der Waals surface area contributed by atoms with E-state index < -0.39 is 0 Å². The van der Waals surface area contributed by atoms with Crippen LogP contribution in [0, 0.1) is 12.8 Å². The van der Waals surface area contributed by atoms with Crippen LogP contribution >= 0.6 is 15.9 Å². The van der Waals surface area contributed by atoms with Gasteiger partial charge in [-0.2, -0.15) is 0 Å². The maximum Gasteiger partial charge on any atom is 0.225 e. The average molecular weight is 285 g/mol. The topological polar surface area (TPSA) is 42.0 Å². The van der Waals surface area contributed by atoms with Crippen LogP contribution in [0.15, 0.2) is 16.7 Å². The molecular formula is C12H17BrN2O. The van der Waals surface area contributed by atoms with Crippen LogP contribution in [0.4, 0.5) is 5.82 Å². The number of anilines is 1. The molecule has 0 aromatic carbocycles. The third kappa shape index (κ3) is 3.93. The lowest BCUT2D eigenvalue weighted by atomic mass is 10.1. The first-order valence-electron chi connectivity index (χ1n) is 5.45. The van der Waals surface area contributed by atoms with E-state index in [-0.39, 0.29) is 5.91 Å². The lowest BCUT2D eigenvalue weighted by Crippen LogP contribution is -2.15. The molecule has 0 radical (unpaired) electrons. The number of aryl methyl sites for hydroxylation is 1. The summed E-state index contributed by atoms with van der Waals surface area (Å²) in [6, 6.07) is 1.86. The van der Waals surface area contributed by atoms with Gasteiger partial charge in [0.15, 0.2) is 0 Å². The molecule has 0 aliphatic rings. The summed E-state index contributed by atoms with van der Waals surface area (Å²) in [5.74, 6) is 1.06. The van der Waals surface area contributed by atoms with Crippen molar-refractivity contribution in [3.05, 3.63) is 22.3 Å². The first-order chi connectivity index (χ1) is 7.52. The highest BCUT2D eigenvalue weighted by molar-refractivity contribution is 9.10. The lowest BCUT2D eigenvalue weighted by Gasteiger charge is -2.09. The van der Waals surface area contributed by atoms with Crippen molar-refractivity contribution in [1.29, 1.82) is 0 Å². The number of nitrogens with zero attached hydrogens (tertiary/aromatic N) is 1. The van der Waals surface area contributed by atoms with Gasteiger partial charge < -0.3 is 5.32 Å². The summed E-state index contributed by atoms with van der Waals surface area (Å²) >= 11 is 3.37. The summed E-state index contributed by atoms with van der Waals surface area (Å²) < 4.78 is 0.951. The number of hydrogen-bond acceptors (Lipinski definition) is 2. The molecule has 4 heteroatoms. The van der Waals surface area contributed by atoms with Crippen LogP contribution in [0.2, 0.25) is 0 Å². The Labute approximate surface area is 105 Å². The van der Waals surface area contributed by atoms with E-state index in [0.717, 1.165) is 16.5 Å². The number of pyridine rings is 1. The van der Waals surface area contributed by atoms with Crippen LogP contribution in [0.5, 0.6) is 0 Å². The van der Waals surface area contributed by atoms with Gasteiger partial charge in [-0.05, 0) is 40.4 Å². The fourth-order valence-electron chi connectivity index (χ4n) is 1.26. The van der Waals surface area contributed by atoms with Gasteiger partial charge in [0, 0.05) is 17.1 Å². The number of nitrogens with one attached hydrogen (secondary N) is 1. The SMILES string of the molecule is CCC(C)CC(=O)Nc1cc(C)c(Br)cn1. The van der Waals surface area contributed by atoms with Crippen LogP contribution < -0.4 is 5.32 Å². The largest absolute Gasteiger partial charge is 0.311 e. The normalized spacial score (nSPS) is 12.2. The molecule has 1 heterocycles. The van der Waals surface area contributed by atoms with Crippen molar-refractivity contribution >= 4 is 27.7 Å². The van der Waals surface area contributed by atoms with Gasteiger partial charge in [0.05, 0.1) is 0 Å². The van der Waals surface area contributed by atoms with E-state index >= 15 is 0 Å². The molecule has 1 N–H and O–H groups in total. The second-order valence-electron chi connectivity index (χ2n) is 4.08. The number of carbonyl (C=O) groups is 1.